The van der Waals surface area contributed by atoms with E-state index in [0.29, 0.717) is 26.3 Å². The van der Waals surface area contributed by atoms with Gasteiger partial charge in [0.2, 0.25) is 0 Å². The molecule has 0 unspecified atom stereocenters. The summed E-state index contributed by atoms with van der Waals surface area (Å²) in [7, 11) is -4.00. The van der Waals surface area contributed by atoms with E-state index in [4.69, 9.17) is 33.0 Å². The highest BCUT2D eigenvalue weighted by Crippen LogP contribution is 2.28. The molecule has 1 aliphatic heterocycles. The van der Waals surface area contributed by atoms with Gasteiger partial charge in [0.25, 0.3) is 10.0 Å². The van der Waals surface area contributed by atoms with Crippen molar-refractivity contribution in [2.45, 2.75) is 4.90 Å². The fraction of sp³-hybridized carbons (Fsp3) is 0.364. The number of morpholine rings is 1. The molecule has 21 heavy (non-hydrogen) atoms. The van der Waals surface area contributed by atoms with Crippen molar-refractivity contribution < 1.29 is 23.1 Å². The lowest BCUT2D eigenvalue weighted by Gasteiger charge is -2.26. The van der Waals surface area contributed by atoms with E-state index in [0.717, 1.165) is 12.1 Å². The number of carboxylic acid groups (broad SMARTS) is 1. The van der Waals surface area contributed by atoms with Crippen molar-refractivity contribution in [2.24, 2.45) is 0 Å². The first-order valence-electron chi connectivity index (χ1n) is 5.89. The molecule has 1 saturated heterocycles. The van der Waals surface area contributed by atoms with Crippen LogP contribution in [0.25, 0.3) is 0 Å². The number of hydrogen-bond donors (Lipinski definition) is 2. The first-order valence-corrected chi connectivity index (χ1v) is 8.12. The lowest BCUT2D eigenvalue weighted by atomic mass is 10.2. The summed E-state index contributed by atoms with van der Waals surface area (Å²) in [6, 6.07) is 2.04. The number of hydrazine groups is 1. The van der Waals surface area contributed by atoms with E-state index in [1.165, 1.54) is 5.01 Å². The Labute approximate surface area is 131 Å². The molecule has 2 rings (SSSR count). The van der Waals surface area contributed by atoms with Crippen molar-refractivity contribution in [3.63, 3.8) is 0 Å². The van der Waals surface area contributed by atoms with Crippen molar-refractivity contribution in [3.8, 4) is 0 Å². The van der Waals surface area contributed by atoms with Gasteiger partial charge in [-0.25, -0.2) is 18.2 Å². The molecule has 116 valence electrons. The minimum absolute atomic E-state index is 0.127. The van der Waals surface area contributed by atoms with Crippen LogP contribution in [0.3, 0.4) is 0 Å². The molecule has 7 nitrogen and oxygen atoms in total. The number of hydrogen-bond acceptors (Lipinski definition) is 5. The first-order chi connectivity index (χ1) is 9.81. The molecule has 1 heterocycles. The number of ether oxygens (including phenoxy) is 1. The molecular formula is C11H12Cl2N2O5S. The molecule has 0 bridgehead atoms. The molecule has 0 aromatic heterocycles. The number of nitrogens with one attached hydrogen (secondary N) is 1. The summed E-state index contributed by atoms with van der Waals surface area (Å²) in [5, 5.41) is 10.2. The minimum Gasteiger partial charge on any atom is -0.478 e. The van der Waals surface area contributed by atoms with Crippen LogP contribution in [0, 0.1) is 0 Å². The molecule has 1 fully saturated rings. The second-order valence-electron chi connectivity index (χ2n) is 4.26. The molecule has 0 spiro atoms. The second kappa shape index (κ2) is 6.47. The van der Waals surface area contributed by atoms with Gasteiger partial charge in [-0.2, -0.15) is 0 Å². The predicted molar refractivity (Wildman–Crippen MR) is 76.1 cm³/mol. The maximum Gasteiger partial charge on any atom is 0.337 e. The molecule has 1 aliphatic rings. The van der Waals surface area contributed by atoms with Crippen LogP contribution in [-0.2, 0) is 14.8 Å². The number of benzene rings is 1. The van der Waals surface area contributed by atoms with E-state index in [9.17, 15) is 13.2 Å². The Morgan fingerprint density at radius 3 is 2.43 bits per heavy atom. The number of rotatable bonds is 4. The molecule has 0 atom stereocenters. The van der Waals surface area contributed by atoms with E-state index in [2.05, 4.69) is 4.83 Å². The average molecular weight is 355 g/mol. The third kappa shape index (κ3) is 3.85. The van der Waals surface area contributed by atoms with Gasteiger partial charge in [0.1, 0.15) is 4.90 Å². The Kier molecular flexibility index (Phi) is 5.07. The van der Waals surface area contributed by atoms with Crippen LogP contribution in [0.4, 0.5) is 0 Å². The number of sulfonamides is 1. The van der Waals surface area contributed by atoms with E-state index in [1.54, 1.807) is 0 Å². The molecule has 2 N–H and O–H groups in total. The number of carbonyl (C=O) groups is 1. The van der Waals surface area contributed by atoms with Gasteiger partial charge in [0.05, 0.1) is 28.8 Å². The van der Waals surface area contributed by atoms with Gasteiger partial charge in [-0.3, -0.25) is 0 Å². The third-order valence-electron chi connectivity index (χ3n) is 2.80. The third-order valence-corrected chi connectivity index (χ3v) is 4.95. The van der Waals surface area contributed by atoms with Crippen LogP contribution < -0.4 is 4.83 Å². The predicted octanol–water partition coefficient (Wildman–Crippen LogP) is 1.22. The molecule has 0 radical (unpaired) electrons. The van der Waals surface area contributed by atoms with Crippen LogP contribution in [0.5, 0.6) is 0 Å². The van der Waals surface area contributed by atoms with Crippen molar-refractivity contribution in [1.82, 2.24) is 9.84 Å². The maximum absolute atomic E-state index is 12.3. The number of aromatic carboxylic acids is 1. The van der Waals surface area contributed by atoms with Crippen molar-refractivity contribution in [3.05, 3.63) is 27.7 Å². The standard InChI is InChI=1S/C11H12Cl2N2O5S/c12-8-6-9(13)10(5-7(8)11(16)17)21(18,19)14-15-1-3-20-4-2-15/h5-6,14H,1-4H2,(H,16,17). The highest BCUT2D eigenvalue weighted by Gasteiger charge is 2.25. The van der Waals surface area contributed by atoms with E-state index in [1.807, 2.05) is 0 Å². The quantitative estimate of drug-likeness (QED) is 0.843. The minimum atomic E-state index is -4.00. The number of nitrogens with zero attached hydrogens (tertiary/aromatic N) is 1. The lowest BCUT2D eigenvalue weighted by molar-refractivity contribution is 0.0272. The summed E-state index contributed by atoms with van der Waals surface area (Å²) < 4.78 is 29.7. The van der Waals surface area contributed by atoms with E-state index in [-0.39, 0.29) is 20.5 Å². The fourth-order valence-electron chi connectivity index (χ4n) is 1.77. The van der Waals surface area contributed by atoms with Crippen LogP contribution in [0.2, 0.25) is 10.0 Å². The molecular weight excluding hydrogens is 343 g/mol. The molecule has 0 aliphatic carbocycles. The van der Waals surface area contributed by atoms with E-state index >= 15 is 0 Å². The lowest BCUT2D eigenvalue weighted by Crippen LogP contribution is -2.48. The molecule has 10 heteroatoms. The van der Waals surface area contributed by atoms with Crippen molar-refractivity contribution in [1.29, 1.82) is 0 Å². The average Bonchev–Trinajstić information content (AvgIpc) is 2.38. The van der Waals surface area contributed by atoms with Crippen LogP contribution in [0.1, 0.15) is 10.4 Å². The van der Waals surface area contributed by atoms with Crippen LogP contribution >= 0.6 is 23.2 Å². The zero-order valence-corrected chi connectivity index (χ0v) is 13.0. The summed E-state index contributed by atoms with van der Waals surface area (Å²) in [5.74, 6) is -1.33. The smallest absolute Gasteiger partial charge is 0.337 e. The second-order valence-corrected chi connectivity index (χ2v) is 6.71. The zero-order valence-electron chi connectivity index (χ0n) is 10.7. The topological polar surface area (TPSA) is 95.9 Å². The van der Waals surface area contributed by atoms with Gasteiger partial charge in [0, 0.05) is 13.1 Å². The SMILES string of the molecule is O=C(O)c1cc(S(=O)(=O)NN2CCOCC2)c(Cl)cc1Cl. The molecule has 1 aromatic carbocycles. The highest BCUT2D eigenvalue weighted by molar-refractivity contribution is 7.89. The van der Waals surface area contributed by atoms with Crippen molar-refractivity contribution in [2.75, 3.05) is 26.3 Å². The highest BCUT2D eigenvalue weighted by atomic mass is 35.5. The monoisotopic (exact) mass is 354 g/mol. The number of carboxylic acids is 1. The Balaban J connectivity index is 2.34. The van der Waals surface area contributed by atoms with Gasteiger partial charge < -0.3 is 9.84 Å². The van der Waals surface area contributed by atoms with Gasteiger partial charge in [0.15, 0.2) is 0 Å². The summed E-state index contributed by atoms with van der Waals surface area (Å²) in [5.41, 5.74) is -0.330. The Morgan fingerprint density at radius 1 is 1.24 bits per heavy atom. The Morgan fingerprint density at radius 2 is 1.86 bits per heavy atom. The first kappa shape index (κ1) is 16.5. The zero-order chi connectivity index (χ0) is 15.6. The van der Waals surface area contributed by atoms with Gasteiger partial charge >= 0.3 is 5.97 Å². The van der Waals surface area contributed by atoms with E-state index < -0.39 is 16.0 Å². The molecule has 1 aromatic rings. The summed E-state index contributed by atoms with van der Waals surface area (Å²) in [4.78, 5) is 13.0. The van der Waals surface area contributed by atoms with Crippen molar-refractivity contribution >= 4 is 39.2 Å². The maximum atomic E-state index is 12.3. The largest absolute Gasteiger partial charge is 0.478 e. The summed E-state index contributed by atoms with van der Waals surface area (Å²) in [6.45, 7) is 1.57. The number of halogens is 2. The van der Waals surface area contributed by atoms with Gasteiger partial charge in [-0.05, 0) is 12.1 Å². The van der Waals surface area contributed by atoms with Crippen LogP contribution in [0.15, 0.2) is 17.0 Å². The summed E-state index contributed by atoms with van der Waals surface area (Å²) >= 11 is 11.6. The Hall–Kier alpha value is -0.900. The molecule has 0 amide bonds. The fourth-order valence-corrected chi connectivity index (χ4v) is 3.75. The molecule has 0 saturated carbocycles. The normalized spacial score (nSPS) is 16.9. The van der Waals surface area contributed by atoms with Gasteiger partial charge in [-0.15, -0.1) is 4.83 Å². The van der Waals surface area contributed by atoms with Gasteiger partial charge in [-0.1, -0.05) is 23.2 Å². The Bertz CT molecular complexity index is 659. The summed E-state index contributed by atoms with van der Waals surface area (Å²) in [6.07, 6.45) is 0. The van der Waals surface area contributed by atoms with Crippen LogP contribution in [-0.4, -0.2) is 50.8 Å².